The van der Waals surface area contributed by atoms with E-state index in [0.29, 0.717) is 5.92 Å². The third kappa shape index (κ3) is 3.75. The summed E-state index contributed by atoms with van der Waals surface area (Å²) in [5.74, 6) is 2.41. The lowest BCUT2D eigenvalue weighted by molar-refractivity contribution is -0.138. The molecule has 0 aromatic heterocycles. The summed E-state index contributed by atoms with van der Waals surface area (Å²) >= 11 is 2.03. The Morgan fingerprint density at radius 1 is 1.37 bits per heavy atom. The number of hydrogen-bond acceptors (Lipinski definition) is 2. The van der Waals surface area contributed by atoms with Crippen LogP contribution in [0.4, 0.5) is 0 Å². The van der Waals surface area contributed by atoms with Crippen LogP contribution in [0.2, 0.25) is 0 Å². The van der Waals surface area contributed by atoms with Crippen LogP contribution in [0.5, 0.6) is 0 Å². The Balaban J connectivity index is 2.20. The Morgan fingerprint density at radius 2 is 2.05 bits per heavy atom. The monoisotopic (exact) mass is 278 g/mol. The molecule has 0 unspecified atom stereocenters. The highest BCUT2D eigenvalue weighted by atomic mass is 32.2. The van der Waals surface area contributed by atoms with Gasteiger partial charge in [0.2, 0.25) is 0 Å². The van der Waals surface area contributed by atoms with Crippen molar-refractivity contribution >= 4 is 17.7 Å². The molecular formula is C16H22O2S. The molecule has 1 saturated heterocycles. The standard InChI is InChI=1S/C16H22O2S/c1-16(2,11-15(17)18)14-5-3-4-13(10-14)12-6-8-19-9-7-12/h3-5,10,12H,6-9,11H2,1-2H3,(H,17,18). The van der Waals surface area contributed by atoms with E-state index in [2.05, 4.69) is 24.3 Å². The van der Waals surface area contributed by atoms with Crippen LogP contribution >= 0.6 is 11.8 Å². The van der Waals surface area contributed by atoms with Crippen molar-refractivity contribution in [2.24, 2.45) is 0 Å². The molecule has 0 saturated carbocycles. The van der Waals surface area contributed by atoms with E-state index in [4.69, 9.17) is 5.11 Å². The van der Waals surface area contributed by atoms with Crippen molar-refractivity contribution in [3.63, 3.8) is 0 Å². The molecule has 0 bridgehead atoms. The summed E-state index contributed by atoms with van der Waals surface area (Å²) < 4.78 is 0. The molecule has 0 radical (unpaired) electrons. The molecule has 0 aliphatic carbocycles. The van der Waals surface area contributed by atoms with E-state index in [-0.39, 0.29) is 11.8 Å². The van der Waals surface area contributed by atoms with Crippen LogP contribution in [0.25, 0.3) is 0 Å². The van der Waals surface area contributed by atoms with Crippen molar-refractivity contribution in [1.82, 2.24) is 0 Å². The summed E-state index contributed by atoms with van der Waals surface area (Å²) in [5, 5.41) is 9.03. The third-order valence-corrected chi connectivity index (χ3v) is 5.00. The fraction of sp³-hybridized carbons (Fsp3) is 0.562. The normalized spacial score (nSPS) is 17.4. The predicted octanol–water partition coefficient (Wildman–Crippen LogP) is 4.05. The van der Waals surface area contributed by atoms with Gasteiger partial charge in [0, 0.05) is 5.41 Å². The Labute approximate surface area is 119 Å². The summed E-state index contributed by atoms with van der Waals surface area (Å²) in [6.45, 7) is 4.02. The molecule has 104 valence electrons. The van der Waals surface area contributed by atoms with Crippen molar-refractivity contribution in [1.29, 1.82) is 0 Å². The van der Waals surface area contributed by atoms with Gasteiger partial charge in [-0.05, 0) is 41.4 Å². The van der Waals surface area contributed by atoms with E-state index >= 15 is 0 Å². The van der Waals surface area contributed by atoms with Crippen LogP contribution in [0, 0.1) is 0 Å². The maximum atomic E-state index is 11.0. The molecule has 3 heteroatoms. The highest BCUT2D eigenvalue weighted by Crippen LogP contribution is 2.34. The molecule has 0 amide bonds. The van der Waals surface area contributed by atoms with Crippen molar-refractivity contribution in [3.05, 3.63) is 35.4 Å². The van der Waals surface area contributed by atoms with Gasteiger partial charge in [-0.25, -0.2) is 0 Å². The van der Waals surface area contributed by atoms with E-state index < -0.39 is 5.97 Å². The lowest BCUT2D eigenvalue weighted by Crippen LogP contribution is -2.22. The second-order valence-corrected chi connectivity index (χ2v) is 7.19. The van der Waals surface area contributed by atoms with Crippen LogP contribution in [0.1, 0.15) is 50.2 Å². The van der Waals surface area contributed by atoms with Crippen LogP contribution in [-0.4, -0.2) is 22.6 Å². The molecule has 1 aromatic carbocycles. The van der Waals surface area contributed by atoms with Gasteiger partial charge in [0.25, 0.3) is 0 Å². The average Bonchev–Trinajstić information content (AvgIpc) is 2.38. The molecular weight excluding hydrogens is 256 g/mol. The molecule has 1 heterocycles. The summed E-state index contributed by atoms with van der Waals surface area (Å²) in [4.78, 5) is 11.0. The zero-order valence-corrected chi connectivity index (χ0v) is 12.5. The number of rotatable bonds is 4. The topological polar surface area (TPSA) is 37.3 Å². The van der Waals surface area contributed by atoms with Crippen molar-refractivity contribution in [2.75, 3.05) is 11.5 Å². The van der Waals surface area contributed by atoms with Crippen LogP contribution < -0.4 is 0 Å². The number of benzene rings is 1. The molecule has 1 aliphatic rings. The fourth-order valence-electron chi connectivity index (χ4n) is 2.72. The summed E-state index contributed by atoms with van der Waals surface area (Å²) in [6, 6.07) is 8.56. The van der Waals surface area contributed by atoms with E-state index in [1.165, 1.54) is 29.9 Å². The van der Waals surface area contributed by atoms with Gasteiger partial charge in [-0.3, -0.25) is 4.79 Å². The van der Waals surface area contributed by atoms with E-state index in [0.717, 1.165) is 5.56 Å². The van der Waals surface area contributed by atoms with Gasteiger partial charge in [0.15, 0.2) is 0 Å². The summed E-state index contributed by atoms with van der Waals surface area (Å²) in [5.41, 5.74) is 2.23. The first-order chi connectivity index (χ1) is 8.99. The Hall–Kier alpha value is -0.960. The quantitative estimate of drug-likeness (QED) is 0.902. The molecule has 19 heavy (non-hydrogen) atoms. The molecule has 2 nitrogen and oxygen atoms in total. The van der Waals surface area contributed by atoms with Crippen molar-refractivity contribution in [2.45, 2.75) is 44.4 Å². The SMILES string of the molecule is CC(C)(CC(=O)O)c1cccc(C2CCSCC2)c1. The van der Waals surface area contributed by atoms with E-state index in [1.807, 2.05) is 25.6 Å². The highest BCUT2D eigenvalue weighted by molar-refractivity contribution is 7.99. The van der Waals surface area contributed by atoms with Gasteiger partial charge in [0.05, 0.1) is 6.42 Å². The van der Waals surface area contributed by atoms with Crippen molar-refractivity contribution < 1.29 is 9.90 Å². The first kappa shape index (κ1) is 14.4. The van der Waals surface area contributed by atoms with Gasteiger partial charge in [-0.1, -0.05) is 38.1 Å². The first-order valence-corrected chi connectivity index (χ1v) is 8.04. The molecule has 1 aromatic rings. The Morgan fingerprint density at radius 3 is 2.68 bits per heavy atom. The van der Waals surface area contributed by atoms with Crippen LogP contribution in [0.3, 0.4) is 0 Å². The van der Waals surface area contributed by atoms with Gasteiger partial charge in [-0.15, -0.1) is 0 Å². The lowest BCUT2D eigenvalue weighted by Gasteiger charge is -2.26. The number of hydrogen-bond donors (Lipinski definition) is 1. The number of carbonyl (C=O) groups is 1. The van der Waals surface area contributed by atoms with Crippen molar-refractivity contribution in [3.8, 4) is 0 Å². The average molecular weight is 278 g/mol. The largest absolute Gasteiger partial charge is 0.481 e. The zero-order valence-electron chi connectivity index (χ0n) is 11.7. The second kappa shape index (κ2) is 6.00. The smallest absolute Gasteiger partial charge is 0.304 e. The number of carboxylic acids is 1. The molecule has 1 N–H and O–H groups in total. The van der Waals surface area contributed by atoms with E-state index in [1.54, 1.807) is 0 Å². The van der Waals surface area contributed by atoms with Gasteiger partial charge in [0.1, 0.15) is 0 Å². The first-order valence-electron chi connectivity index (χ1n) is 6.89. The molecule has 0 spiro atoms. The third-order valence-electron chi connectivity index (χ3n) is 3.95. The molecule has 1 aliphatic heterocycles. The van der Waals surface area contributed by atoms with Gasteiger partial charge >= 0.3 is 5.97 Å². The molecule has 1 fully saturated rings. The maximum Gasteiger partial charge on any atom is 0.304 e. The molecule has 0 atom stereocenters. The number of carboxylic acid groups (broad SMARTS) is 1. The Bertz CT molecular complexity index is 448. The molecule has 2 rings (SSSR count). The predicted molar refractivity (Wildman–Crippen MR) is 81.0 cm³/mol. The number of aliphatic carboxylic acids is 1. The van der Waals surface area contributed by atoms with E-state index in [9.17, 15) is 4.79 Å². The second-order valence-electron chi connectivity index (χ2n) is 5.97. The van der Waals surface area contributed by atoms with Gasteiger partial charge < -0.3 is 5.11 Å². The maximum absolute atomic E-state index is 11.0. The van der Waals surface area contributed by atoms with Crippen LogP contribution in [-0.2, 0) is 10.2 Å². The lowest BCUT2D eigenvalue weighted by atomic mass is 9.79. The zero-order chi connectivity index (χ0) is 13.9. The minimum Gasteiger partial charge on any atom is -0.481 e. The fourth-order valence-corrected chi connectivity index (χ4v) is 3.83. The Kier molecular flexibility index (Phi) is 4.56. The summed E-state index contributed by atoms with van der Waals surface area (Å²) in [6.07, 6.45) is 2.66. The van der Waals surface area contributed by atoms with Crippen LogP contribution in [0.15, 0.2) is 24.3 Å². The summed E-state index contributed by atoms with van der Waals surface area (Å²) in [7, 11) is 0. The minimum atomic E-state index is -0.732. The highest BCUT2D eigenvalue weighted by Gasteiger charge is 2.25. The number of thioether (sulfide) groups is 1. The van der Waals surface area contributed by atoms with Gasteiger partial charge in [-0.2, -0.15) is 11.8 Å². The minimum absolute atomic E-state index is 0.178.